The number of aromatic nitrogens is 1. The molecule has 1 aromatic rings. The molecule has 2 heterocycles. The van der Waals surface area contributed by atoms with Crippen LogP contribution in [0.4, 0.5) is 24.8 Å². The number of pyridine rings is 1. The molecule has 0 saturated carbocycles. The van der Waals surface area contributed by atoms with Crippen LogP contribution in [0.15, 0.2) is 18.2 Å². The number of nitrogens with one attached hydrogen (secondary N) is 3. The standard InChI is InChI=1S/C24H34F3N7O3S/c1-4-33(5-2)14-20(35)32-19-11-7-10-18(31-19)29-12-8-9-17-22(37)34(6-3)23(38-17)16(13-28)21(36)30-15-24(25,26)27/h7,10-11,16-17,23H,4-6,8-9,12,14-15H2,1-3H3,(H,30,36)(H2,29,31,32,35). The first-order valence-electron chi connectivity index (χ1n) is 12.5. The Hall–Kier alpha value is -3.05. The number of thioether (sulfide) groups is 1. The predicted molar refractivity (Wildman–Crippen MR) is 139 cm³/mol. The molecule has 1 aliphatic rings. The summed E-state index contributed by atoms with van der Waals surface area (Å²) in [4.78, 5) is 45.0. The van der Waals surface area contributed by atoms with Crippen LogP contribution in [-0.4, -0.2) is 88.6 Å². The van der Waals surface area contributed by atoms with Gasteiger partial charge in [-0.2, -0.15) is 18.4 Å². The Morgan fingerprint density at radius 1 is 1.24 bits per heavy atom. The van der Waals surface area contributed by atoms with E-state index in [1.807, 2.05) is 18.7 Å². The molecule has 2 rings (SSSR count). The van der Waals surface area contributed by atoms with Gasteiger partial charge in [0.05, 0.1) is 17.9 Å². The molecule has 0 spiro atoms. The molecule has 0 aliphatic carbocycles. The van der Waals surface area contributed by atoms with Crippen LogP contribution in [0.25, 0.3) is 0 Å². The lowest BCUT2D eigenvalue weighted by Gasteiger charge is -2.25. The molecular formula is C24H34F3N7O3S. The number of hydrogen-bond donors (Lipinski definition) is 3. The van der Waals surface area contributed by atoms with Gasteiger partial charge in [0.1, 0.15) is 23.6 Å². The molecule has 3 atom stereocenters. The number of nitrogens with zero attached hydrogens (tertiary/aromatic N) is 4. The number of carbonyl (C=O) groups is 3. The largest absolute Gasteiger partial charge is 0.405 e. The highest BCUT2D eigenvalue weighted by molar-refractivity contribution is 8.01. The zero-order valence-corrected chi connectivity index (χ0v) is 22.5. The van der Waals surface area contributed by atoms with Gasteiger partial charge in [-0.1, -0.05) is 19.9 Å². The quantitative estimate of drug-likeness (QED) is 0.298. The SMILES string of the molecule is CCN(CC)CC(=O)Nc1cccc(NCCCC2SC(C(C#N)C(=O)NCC(F)(F)F)N(CC)C2=O)n1. The molecule has 1 saturated heterocycles. The maximum absolute atomic E-state index is 12.8. The van der Waals surface area contributed by atoms with Crippen molar-refractivity contribution in [1.29, 1.82) is 5.26 Å². The van der Waals surface area contributed by atoms with E-state index >= 15 is 0 Å². The summed E-state index contributed by atoms with van der Waals surface area (Å²) in [6, 6.07) is 6.96. The van der Waals surface area contributed by atoms with Crippen LogP contribution in [0.1, 0.15) is 33.6 Å². The zero-order chi connectivity index (χ0) is 28.3. The molecule has 1 fully saturated rings. The van der Waals surface area contributed by atoms with E-state index in [1.54, 1.807) is 36.5 Å². The van der Waals surface area contributed by atoms with Crippen molar-refractivity contribution in [2.24, 2.45) is 5.92 Å². The molecule has 0 radical (unpaired) electrons. The van der Waals surface area contributed by atoms with Crippen molar-refractivity contribution in [1.82, 2.24) is 20.1 Å². The Bertz CT molecular complexity index is 1000. The minimum Gasteiger partial charge on any atom is -0.370 e. The van der Waals surface area contributed by atoms with Crippen LogP contribution in [0.3, 0.4) is 0 Å². The number of amides is 3. The first kappa shape index (κ1) is 31.2. The van der Waals surface area contributed by atoms with E-state index in [0.29, 0.717) is 31.0 Å². The van der Waals surface area contributed by atoms with Gasteiger partial charge in [-0.3, -0.25) is 19.3 Å². The second kappa shape index (κ2) is 14.8. The van der Waals surface area contributed by atoms with Gasteiger partial charge in [0, 0.05) is 13.1 Å². The normalized spacial score (nSPS) is 18.3. The molecule has 1 aliphatic heterocycles. The van der Waals surface area contributed by atoms with Crippen molar-refractivity contribution in [2.45, 2.75) is 50.4 Å². The summed E-state index contributed by atoms with van der Waals surface area (Å²) < 4.78 is 37.4. The minimum atomic E-state index is -4.60. The fourth-order valence-corrected chi connectivity index (χ4v) is 5.52. The summed E-state index contributed by atoms with van der Waals surface area (Å²) in [5.74, 6) is -1.91. The number of carbonyl (C=O) groups excluding carboxylic acids is 3. The van der Waals surface area contributed by atoms with Gasteiger partial charge >= 0.3 is 6.18 Å². The van der Waals surface area contributed by atoms with Gasteiger partial charge in [0.25, 0.3) is 0 Å². The zero-order valence-electron chi connectivity index (χ0n) is 21.7. The molecule has 3 unspecified atom stereocenters. The van der Waals surface area contributed by atoms with Crippen molar-refractivity contribution in [2.75, 3.05) is 49.9 Å². The summed E-state index contributed by atoms with van der Waals surface area (Å²) in [7, 11) is 0. The van der Waals surface area contributed by atoms with E-state index in [2.05, 4.69) is 15.6 Å². The van der Waals surface area contributed by atoms with Gasteiger partial charge in [-0.05, 0) is 45.0 Å². The number of alkyl halides is 3. The lowest BCUT2D eigenvalue weighted by Crippen LogP contribution is -2.45. The molecule has 14 heteroatoms. The van der Waals surface area contributed by atoms with Gasteiger partial charge < -0.3 is 20.9 Å². The molecule has 0 aromatic carbocycles. The monoisotopic (exact) mass is 557 g/mol. The van der Waals surface area contributed by atoms with Crippen LogP contribution in [0.5, 0.6) is 0 Å². The van der Waals surface area contributed by atoms with E-state index in [9.17, 15) is 32.8 Å². The third-order valence-corrected chi connectivity index (χ3v) is 7.48. The Morgan fingerprint density at radius 3 is 2.53 bits per heavy atom. The number of nitriles is 1. The first-order chi connectivity index (χ1) is 18.0. The van der Waals surface area contributed by atoms with Crippen molar-refractivity contribution in [3.05, 3.63) is 18.2 Å². The highest BCUT2D eigenvalue weighted by Gasteiger charge is 2.45. The van der Waals surface area contributed by atoms with Crippen LogP contribution < -0.4 is 16.0 Å². The van der Waals surface area contributed by atoms with Gasteiger partial charge in [0.2, 0.25) is 17.7 Å². The van der Waals surface area contributed by atoms with Gasteiger partial charge in [0.15, 0.2) is 5.92 Å². The molecule has 0 bridgehead atoms. The highest BCUT2D eigenvalue weighted by atomic mass is 32.2. The average Bonchev–Trinajstić information content (AvgIpc) is 3.18. The van der Waals surface area contributed by atoms with E-state index in [0.717, 1.165) is 24.9 Å². The fourth-order valence-electron chi connectivity index (χ4n) is 3.88. The van der Waals surface area contributed by atoms with Gasteiger partial charge in [-0.25, -0.2) is 4.98 Å². The van der Waals surface area contributed by atoms with Crippen molar-refractivity contribution in [3.63, 3.8) is 0 Å². The molecule has 210 valence electrons. The van der Waals surface area contributed by atoms with Gasteiger partial charge in [-0.15, -0.1) is 11.8 Å². The molecule has 10 nitrogen and oxygen atoms in total. The Labute approximate surface area is 224 Å². The predicted octanol–water partition coefficient (Wildman–Crippen LogP) is 2.66. The molecule has 38 heavy (non-hydrogen) atoms. The maximum Gasteiger partial charge on any atom is 0.405 e. The Balaban J connectivity index is 1.88. The van der Waals surface area contributed by atoms with E-state index < -0.39 is 35.2 Å². The fraction of sp³-hybridized carbons (Fsp3) is 0.625. The summed E-state index contributed by atoms with van der Waals surface area (Å²) in [5.41, 5.74) is 0. The number of hydrogen-bond acceptors (Lipinski definition) is 8. The smallest absolute Gasteiger partial charge is 0.370 e. The highest BCUT2D eigenvalue weighted by Crippen LogP contribution is 2.38. The lowest BCUT2D eigenvalue weighted by molar-refractivity contribution is -0.141. The van der Waals surface area contributed by atoms with Crippen molar-refractivity contribution < 1.29 is 27.6 Å². The third kappa shape index (κ3) is 9.36. The maximum atomic E-state index is 12.8. The van der Waals surface area contributed by atoms with Crippen LogP contribution in [-0.2, 0) is 14.4 Å². The molecule has 3 N–H and O–H groups in total. The lowest BCUT2D eigenvalue weighted by atomic mass is 10.1. The number of rotatable bonds is 14. The topological polar surface area (TPSA) is 130 Å². The summed E-state index contributed by atoms with van der Waals surface area (Å²) in [5, 5.41) is 15.8. The second-order valence-corrected chi connectivity index (χ2v) is 9.89. The van der Waals surface area contributed by atoms with E-state index in [4.69, 9.17) is 0 Å². The molecular weight excluding hydrogens is 523 g/mol. The van der Waals surface area contributed by atoms with Crippen LogP contribution in [0, 0.1) is 17.2 Å². The summed E-state index contributed by atoms with van der Waals surface area (Å²) >= 11 is 1.13. The third-order valence-electron chi connectivity index (χ3n) is 5.91. The van der Waals surface area contributed by atoms with E-state index in [1.165, 1.54) is 4.90 Å². The molecule has 3 amide bonds. The number of anilines is 2. The van der Waals surface area contributed by atoms with Crippen LogP contribution in [0.2, 0.25) is 0 Å². The summed E-state index contributed by atoms with van der Waals surface area (Å²) in [6.45, 7) is 6.61. The number of likely N-dealkylation sites (N-methyl/N-ethyl adjacent to an activating group) is 1. The Morgan fingerprint density at radius 2 is 1.92 bits per heavy atom. The number of halogens is 3. The van der Waals surface area contributed by atoms with Crippen molar-refractivity contribution in [3.8, 4) is 6.07 Å². The summed E-state index contributed by atoms with van der Waals surface area (Å²) in [6.07, 6.45) is -3.60. The average molecular weight is 558 g/mol. The first-order valence-corrected chi connectivity index (χ1v) is 13.4. The second-order valence-electron chi connectivity index (χ2n) is 8.57. The Kier molecular flexibility index (Phi) is 12.1. The van der Waals surface area contributed by atoms with E-state index in [-0.39, 0.29) is 24.9 Å². The van der Waals surface area contributed by atoms with Crippen molar-refractivity contribution >= 4 is 41.1 Å². The minimum absolute atomic E-state index is 0.159. The van der Waals surface area contributed by atoms with Crippen LogP contribution >= 0.6 is 11.8 Å². The molecule has 1 aromatic heterocycles.